The van der Waals surface area contributed by atoms with Crippen molar-refractivity contribution in [3.63, 3.8) is 0 Å². The van der Waals surface area contributed by atoms with Crippen molar-refractivity contribution in [2.24, 2.45) is 0 Å². The molecule has 0 bridgehead atoms. The second kappa shape index (κ2) is 12.8. The number of nitrogens with one attached hydrogen (secondary N) is 2. The quantitative estimate of drug-likeness (QED) is 0.440. The van der Waals surface area contributed by atoms with E-state index in [1.165, 1.54) is 0 Å². The molecule has 0 fully saturated rings. The van der Waals surface area contributed by atoms with Crippen LogP contribution in [-0.4, -0.2) is 37.0 Å². The molecule has 0 heterocycles. The van der Waals surface area contributed by atoms with Gasteiger partial charge in [0.25, 0.3) is 5.91 Å². The van der Waals surface area contributed by atoms with Crippen molar-refractivity contribution in [1.82, 2.24) is 0 Å². The maximum absolute atomic E-state index is 12.0. The van der Waals surface area contributed by atoms with Gasteiger partial charge in [-0.2, -0.15) is 0 Å². The molecule has 32 heavy (non-hydrogen) atoms. The van der Waals surface area contributed by atoms with Crippen LogP contribution in [0.5, 0.6) is 0 Å². The number of esters is 2. The molecule has 0 aliphatic heterocycles. The zero-order chi connectivity index (χ0) is 23.5. The number of anilines is 2. The van der Waals surface area contributed by atoms with E-state index in [1.807, 2.05) is 6.92 Å². The predicted octanol–water partition coefficient (Wildman–Crippen LogP) is 4.57. The Morgan fingerprint density at radius 1 is 0.906 bits per heavy atom. The van der Waals surface area contributed by atoms with Crippen LogP contribution in [0.4, 0.5) is 11.4 Å². The Morgan fingerprint density at radius 2 is 1.56 bits per heavy atom. The number of benzene rings is 2. The zero-order valence-electron chi connectivity index (χ0n) is 17.3. The first-order chi connectivity index (χ1) is 15.3. The van der Waals surface area contributed by atoms with Crippen LogP contribution in [0.3, 0.4) is 0 Å². The van der Waals surface area contributed by atoms with Gasteiger partial charge in [-0.3, -0.25) is 14.4 Å². The molecule has 2 aromatic carbocycles. The molecule has 170 valence electrons. The summed E-state index contributed by atoms with van der Waals surface area (Å²) in [6, 6.07) is 11.1. The molecule has 2 aromatic rings. The molecule has 0 atom stereocenters. The molecule has 2 amide bonds. The van der Waals surface area contributed by atoms with Crippen LogP contribution < -0.4 is 10.6 Å². The lowest BCUT2D eigenvalue weighted by atomic mass is 10.2. The molecule has 0 spiro atoms. The number of rotatable bonds is 10. The van der Waals surface area contributed by atoms with E-state index in [2.05, 4.69) is 26.6 Å². The Labute approximate surface area is 198 Å². The number of amides is 2. The molecular formula is C22H22BrClN2O6. The van der Waals surface area contributed by atoms with Crippen LogP contribution >= 0.6 is 27.5 Å². The Bertz CT molecular complexity index is 981. The van der Waals surface area contributed by atoms with E-state index >= 15 is 0 Å². The third kappa shape index (κ3) is 8.68. The van der Waals surface area contributed by atoms with Gasteiger partial charge in [0, 0.05) is 22.3 Å². The second-order valence-electron chi connectivity index (χ2n) is 6.60. The lowest BCUT2D eigenvalue weighted by Crippen LogP contribution is -2.21. The van der Waals surface area contributed by atoms with E-state index in [0.717, 1.165) is 6.42 Å². The summed E-state index contributed by atoms with van der Waals surface area (Å²) < 4.78 is 10.6. The number of carbonyl (C=O) groups is 4. The van der Waals surface area contributed by atoms with Crippen molar-refractivity contribution in [3.05, 3.63) is 57.5 Å². The monoisotopic (exact) mass is 524 g/mol. The highest BCUT2D eigenvalue weighted by molar-refractivity contribution is 9.10. The summed E-state index contributed by atoms with van der Waals surface area (Å²) in [4.78, 5) is 47.4. The van der Waals surface area contributed by atoms with Gasteiger partial charge in [0.1, 0.15) is 0 Å². The lowest BCUT2D eigenvalue weighted by Gasteiger charge is -2.08. The first kappa shape index (κ1) is 25.4. The Morgan fingerprint density at radius 3 is 2.22 bits per heavy atom. The fourth-order valence-corrected chi connectivity index (χ4v) is 2.82. The van der Waals surface area contributed by atoms with Gasteiger partial charge in [-0.05, 0) is 64.8 Å². The highest BCUT2D eigenvalue weighted by Gasteiger charge is 2.12. The van der Waals surface area contributed by atoms with Crippen molar-refractivity contribution in [1.29, 1.82) is 0 Å². The number of hydrogen-bond donors (Lipinski definition) is 2. The summed E-state index contributed by atoms with van der Waals surface area (Å²) >= 11 is 9.20. The normalized spacial score (nSPS) is 10.2. The van der Waals surface area contributed by atoms with Crippen LogP contribution in [0.25, 0.3) is 0 Å². The number of halogens is 2. The first-order valence-electron chi connectivity index (χ1n) is 9.76. The van der Waals surface area contributed by atoms with Gasteiger partial charge < -0.3 is 20.1 Å². The van der Waals surface area contributed by atoms with Gasteiger partial charge in [-0.25, -0.2) is 4.79 Å². The van der Waals surface area contributed by atoms with Crippen molar-refractivity contribution in [2.75, 3.05) is 23.8 Å². The van der Waals surface area contributed by atoms with Gasteiger partial charge in [-0.1, -0.05) is 18.5 Å². The van der Waals surface area contributed by atoms with Crippen molar-refractivity contribution in [2.45, 2.75) is 26.2 Å². The van der Waals surface area contributed by atoms with E-state index in [-0.39, 0.29) is 12.8 Å². The van der Waals surface area contributed by atoms with Crippen molar-refractivity contribution in [3.8, 4) is 0 Å². The molecule has 2 N–H and O–H groups in total. The third-order valence-electron chi connectivity index (χ3n) is 3.97. The average molecular weight is 526 g/mol. The van der Waals surface area contributed by atoms with Crippen LogP contribution in [0, 0.1) is 0 Å². The highest BCUT2D eigenvalue weighted by atomic mass is 79.9. The van der Waals surface area contributed by atoms with E-state index in [1.54, 1.807) is 42.5 Å². The van der Waals surface area contributed by atoms with Gasteiger partial charge in [0.2, 0.25) is 5.91 Å². The highest BCUT2D eigenvalue weighted by Crippen LogP contribution is 2.25. The topological polar surface area (TPSA) is 111 Å². The average Bonchev–Trinajstić information content (AvgIpc) is 2.77. The molecular weight excluding hydrogens is 504 g/mol. The minimum absolute atomic E-state index is 0.122. The molecule has 0 saturated carbocycles. The van der Waals surface area contributed by atoms with E-state index in [0.29, 0.717) is 33.0 Å². The molecule has 0 saturated heterocycles. The first-order valence-corrected chi connectivity index (χ1v) is 10.9. The molecule has 2 rings (SSSR count). The van der Waals surface area contributed by atoms with E-state index < -0.39 is 30.4 Å². The van der Waals surface area contributed by atoms with Gasteiger partial charge >= 0.3 is 11.9 Å². The maximum Gasteiger partial charge on any atom is 0.338 e. The zero-order valence-corrected chi connectivity index (χ0v) is 19.6. The Hall–Kier alpha value is -2.91. The summed E-state index contributed by atoms with van der Waals surface area (Å²) in [6.07, 6.45) is 0.417. The number of carbonyl (C=O) groups excluding carboxylic acids is 4. The van der Waals surface area contributed by atoms with E-state index in [9.17, 15) is 19.2 Å². The molecule has 0 unspecified atom stereocenters. The van der Waals surface area contributed by atoms with E-state index in [4.69, 9.17) is 21.1 Å². The van der Waals surface area contributed by atoms with Crippen LogP contribution in [0.15, 0.2) is 46.9 Å². The number of hydrogen-bond acceptors (Lipinski definition) is 6. The second-order valence-corrected chi connectivity index (χ2v) is 7.86. The minimum Gasteiger partial charge on any atom is -0.462 e. The van der Waals surface area contributed by atoms with Crippen molar-refractivity contribution >= 4 is 62.7 Å². The van der Waals surface area contributed by atoms with Gasteiger partial charge in [0.15, 0.2) is 6.61 Å². The summed E-state index contributed by atoms with van der Waals surface area (Å²) in [6.45, 7) is 1.76. The van der Waals surface area contributed by atoms with Gasteiger partial charge in [0.05, 0.1) is 23.6 Å². The summed E-state index contributed by atoms with van der Waals surface area (Å²) in [7, 11) is 0. The Balaban J connectivity index is 1.69. The van der Waals surface area contributed by atoms with Gasteiger partial charge in [-0.15, -0.1) is 0 Å². The number of ether oxygens (including phenoxy) is 2. The molecule has 0 radical (unpaired) electrons. The molecule has 10 heteroatoms. The molecule has 0 aliphatic carbocycles. The fraction of sp³-hybridized carbons (Fsp3) is 0.273. The molecule has 0 aromatic heterocycles. The van der Waals surface area contributed by atoms with Crippen molar-refractivity contribution < 1.29 is 28.7 Å². The predicted molar refractivity (Wildman–Crippen MR) is 124 cm³/mol. The SMILES string of the molecule is CCCOC(=O)c1ccc(NC(=O)CCC(=O)OCC(=O)Nc2ccc(Br)c(Cl)c2)cc1. The summed E-state index contributed by atoms with van der Waals surface area (Å²) in [5, 5.41) is 5.60. The largest absolute Gasteiger partial charge is 0.462 e. The Kier molecular flexibility index (Phi) is 10.2. The maximum atomic E-state index is 12.0. The minimum atomic E-state index is -0.682. The van der Waals surface area contributed by atoms with Crippen LogP contribution in [0.2, 0.25) is 5.02 Å². The van der Waals surface area contributed by atoms with Crippen LogP contribution in [0.1, 0.15) is 36.5 Å². The third-order valence-corrected chi connectivity index (χ3v) is 5.20. The molecule has 0 aliphatic rings. The summed E-state index contributed by atoms with van der Waals surface area (Å²) in [5.74, 6) is -2.05. The smallest absolute Gasteiger partial charge is 0.338 e. The lowest BCUT2D eigenvalue weighted by molar-refractivity contribution is -0.147. The molecule has 8 nitrogen and oxygen atoms in total. The van der Waals surface area contributed by atoms with Crippen LogP contribution in [-0.2, 0) is 23.9 Å². The standard InChI is InChI=1S/C22H22BrClN2O6/c1-2-11-31-22(30)14-3-5-15(6-4-14)25-19(27)9-10-21(29)32-13-20(28)26-16-7-8-17(23)18(24)12-16/h3-8,12H,2,9-11,13H2,1H3,(H,25,27)(H,26,28). The fourth-order valence-electron chi connectivity index (χ4n) is 2.40. The summed E-state index contributed by atoms with van der Waals surface area (Å²) in [5.41, 5.74) is 1.31.